The third-order valence-corrected chi connectivity index (χ3v) is 4.57. The third kappa shape index (κ3) is 5.54. The molecule has 138 valence electrons. The van der Waals surface area contributed by atoms with Crippen LogP contribution in [0.5, 0.6) is 0 Å². The normalized spacial score (nSPS) is 23.2. The molecular formula is C19H30N3O3+. The van der Waals surface area contributed by atoms with Crippen molar-refractivity contribution in [3.63, 3.8) is 0 Å². The van der Waals surface area contributed by atoms with Crippen molar-refractivity contribution < 1.29 is 19.2 Å². The first-order valence-corrected chi connectivity index (χ1v) is 8.85. The maximum Gasteiger partial charge on any atom is 0.277 e. The Morgan fingerprint density at radius 1 is 1.20 bits per heavy atom. The summed E-state index contributed by atoms with van der Waals surface area (Å²) in [5, 5.41) is 2.92. The van der Waals surface area contributed by atoms with E-state index in [1.807, 2.05) is 45.9 Å². The molecule has 0 bridgehead atoms. The molecule has 1 saturated heterocycles. The number of morpholine rings is 1. The van der Waals surface area contributed by atoms with Crippen LogP contribution in [0.4, 0.5) is 5.69 Å². The number of para-hydroxylation sites is 1. The predicted octanol–water partition coefficient (Wildman–Crippen LogP) is 0.392. The lowest BCUT2D eigenvalue weighted by Gasteiger charge is -2.32. The van der Waals surface area contributed by atoms with Crippen molar-refractivity contribution in [3.05, 3.63) is 29.3 Å². The first kappa shape index (κ1) is 19.4. The summed E-state index contributed by atoms with van der Waals surface area (Å²) < 4.78 is 5.70. The fourth-order valence-electron chi connectivity index (χ4n) is 3.38. The molecule has 6 nitrogen and oxygen atoms in total. The number of quaternary nitrogens is 1. The minimum Gasteiger partial charge on any atom is -0.364 e. The summed E-state index contributed by atoms with van der Waals surface area (Å²) in [6, 6.07) is 5.88. The zero-order valence-electron chi connectivity index (χ0n) is 15.9. The van der Waals surface area contributed by atoms with Crippen molar-refractivity contribution >= 4 is 17.5 Å². The number of amides is 2. The van der Waals surface area contributed by atoms with Gasteiger partial charge < -0.3 is 19.9 Å². The maximum atomic E-state index is 12.4. The highest BCUT2D eigenvalue weighted by atomic mass is 16.5. The van der Waals surface area contributed by atoms with E-state index in [4.69, 9.17) is 4.74 Å². The van der Waals surface area contributed by atoms with Gasteiger partial charge in [0.2, 0.25) is 5.91 Å². The zero-order valence-corrected chi connectivity index (χ0v) is 15.9. The Morgan fingerprint density at radius 2 is 1.76 bits per heavy atom. The van der Waals surface area contributed by atoms with Crippen LogP contribution in [0.25, 0.3) is 0 Å². The molecule has 1 aliphatic rings. The topological polar surface area (TPSA) is 63.1 Å². The van der Waals surface area contributed by atoms with E-state index in [-0.39, 0.29) is 30.6 Å². The van der Waals surface area contributed by atoms with Crippen molar-refractivity contribution in [2.45, 2.75) is 39.9 Å². The van der Waals surface area contributed by atoms with E-state index in [0.717, 1.165) is 29.9 Å². The second kappa shape index (κ2) is 8.45. The van der Waals surface area contributed by atoms with E-state index in [9.17, 15) is 9.59 Å². The molecule has 1 fully saturated rings. The fourth-order valence-corrected chi connectivity index (χ4v) is 3.38. The van der Waals surface area contributed by atoms with Gasteiger partial charge in [-0.3, -0.25) is 9.59 Å². The smallest absolute Gasteiger partial charge is 0.277 e. The van der Waals surface area contributed by atoms with Gasteiger partial charge in [0.05, 0.1) is 6.54 Å². The molecular weight excluding hydrogens is 318 g/mol. The van der Waals surface area contributed by atoms with Crippen molar-refractivity contribution in [1.29, 1.82) is 0 Å². The number of anilines is 1. The summed E-state index contributed by atoms with van der Waals surface area (Å²) in [6.07, 6.45) is 0.313. The lowest BCUT2D eigenvalue weighted by molar-refractivity contribution is -0.907. The average molecular weight is 348 g/mol. The van der Waals surface area contributed by atoms with Crippen LogP contribution >= 0.6 is 0 Å². The highest BCUT2D eigenvalue weighted by Gasteiger charge is 2.28. The van der Waals surface area contributed by atoms with Gasteiger partial charge in [-0.25, -0.2) is 0 Å². The standard InChI is InChI=1S/C19H29N3O3/c1-13-7-6-8-14(2)19(13)20-17(23)11-21(5)18(24)12-22-9-15(3)25-16(4)10-22/h6-8,15-16H,9-12H2,1-5H3,(H,20,23)/p+1/t15-,16-/m1/s1. The summed E-state index contributed by atoms with van der Waals surface area (Å²) in [4.78, 5) is 27.4. The number of hydrogen-bond donors (Lipinski definition) is 2. The third-order valence-electron chi connectivity index (χ3n) is 4.57. The quantitative estimate of drug-likeness (QED) is 0.809. The van der Waals surface area contributed by atoms with E-state index in [0.29, 0.717) is 6.54 Å². The van der Waals surface area contributed by atoms with Crippen LogP contribution in [0, 0.1) is 13.8 Å². The van der Waals surface area contributed by atoms with Gasteiger partial charge in [0, 0.05) is 12.7 Å². The Balaban J connectivity index is 1.87. The molecule has 0 spiro atoms. The number of hydrogen-bond acceptors (Lipinski definition) is 3. The lowest BCUT2D eigenvalue weighted by atomic mass is 10.1. The van der Waals surface area contributed by atoms with E-state index in [2.05, 4.69) is 5.32 Å². The summed E-state index contributed by atoms with van der Waals surface area (Å²) >= 11 is 0. The predicted molar refractivity (Wildman–Crippen MR) is 97.8 cm³/mol. The van der Waals surface area contributed by atoms with Gasteiger partial charge in [-0.15, -0.1) is 0 Å². The second-order valence-corrected chi connectivity index (χ2v) is 7.16. The number of nitrogens with one attached hydrogen (secondary N) is 2. The average Bonchev–Trinajstić information content (AvgIpc) is 2.50. The first-order chi connectivity index (χ1) is 11.8. The summed E-state index contributed by atoms with van der Waals surface area (Å²) in [5.74, 6) is -0.195. The number of likely N-dealkylation sites (N-methyl/N-ethyl adjacent to an activating group) is 1. The molecule has 1 aliphatic heterocycles. The number of carbonyl (C=O) groups excluding carboxylic acids is 2. The number of nitrogens with zero attached hydrogens (tertiary/aromatic N) is 1. The molecule has 1 aromatic rings. The number of rotatable bonds is 5. The Labute approximate surface area is 150 Å². The van der Waals surface area contributed by atoms with Crippen LogP contribution in [0.15, 0.2) is 18.2 Å². The minimum absolute atomic E-state index is 0.0204. The van der Waals surface area contributed by atoms with Crippen LogP contribution < -0.4 is 10.2 Å². The van der Waals surface area contributed by atoms with E-state index in [1.54, 1.807) is 7.05 Å². The summed E-state index contributed by atoms with van der Waals surface area (Å²) in [7, 11) is 1.68. The maximum absolute atomic E-state index is 12.4. The molecule has 1 heterocycles. The molecule has 1 aromatic carbocycles. The second-order valence-electron chi connectivity index (χ2n) is 7.16. The van der Waals surface area contributed by atoms with Crippen molar-refractivity contribution in [3.8, 4) is 0 Å². The van der Waals surface area contributed by atoms with Crippen LogP contribution in [0.3, 0.4) is 0 Å². The SMILES string of the molecule is Cc1cccc(C)c1NC(=O)CN(C)C(=O)C[NH+]1C[C@@H](C)O[C@H](C)C1. The van der Waals surface area contributed by atoms with Crippen molar-refractivity contribution in [1.82, 2.24) is 4.90 Å². The van der Waals surface area contributed by atoms with Gasteiger partial charge >= 0.3 is 0 Å². The van der Waals surface area contributed by atoms with Gasteiger partial charge in [-0.05, 0) is 38.8 Å². The van der Waals surface area contributed by atoms with Crippen LogP contribution in [-0.2, 0) is 14.3 Å². The molecule has 6 heteroatoms. The van der Waals surface area contributed by atoms with Gasteiger partial charge in [-0.1, -0.05) is 18.2 Å². The van der Waals surface area contributed by atoms with E-state index >= 15 is 0 Å². The molecule has 25 heavy (non-hydrogen) atoms. The highest BCUT2D eigenvalue weighted by molar-refractivity contribution is 5.95. The Kier molecular flexibility index (Phi) is 6.56. The molecule has 2 amide bonds. The van der Waals surface area contributed by atoms with Gasteiger partial charge in [-0.2, -0.15) is 0 Å². The van der Waals surface area contributed by atoms with Crippen molar-refractivity contribution in [2.75, 3.05) is 38.5 Å². The Hall–Kier alpha value is -1.92. The highest BCUT2D eigenvalue weighted by Crippen LogP contribution is 2.19. The summed E-state index contributed by atoms with van der Waals surface area (Å²) in [5.41, 5.74) is 2.86. The molecule has 2 atom stereocenters. The minimum atomic E-state index is -0.174. The Morgan fingerprint density at radius 3 is 2.32 bits per heavy atom. The number of benzene rings is 1. The van der Waals surface area contributed by atoms with Crippen LogP contribution in [0.2, 0.25) is 0 Å². The molecule has 2 N–H and O–H groups in total. The lowest BCUT2D eigenvalue weighted by Crippen LogP contribution is -3.16. The molecule has 0 aliphatic carbocycles. The summed E-state index contributed by atoms with van der Waals surface area (Å²) in [6.45, 7) is 10.1. The van der Waals surface area contributed by atoms with E-state index < -0.39 is 0 Å². The molecule has 0 radical (unpaired) electrons. The zero-order chi connectivity index (χ0) is 18.6. The van der Waals surface area contributed by atoms with Gasteiger partial charge in [0.1, 0.15) is 25.3 Å². The molecule has 0 unspecified atom stereocenters. The van der Waals surface area contributed by atoms with Crippen LogP contribution in [-0.4, -0.2) is 62.1 Å². The first-order valence-electron chi connectivity index (χ1n) is 8.85. The molecule has 0 aromatic heterocycles. The number of carbonyl (C=O) groups is 2. The molecule has 2 rings (SSSR count). The van der Waals surface area contributed by atoms with E-state index in [1.165, 1.54) is 9.80 Å². The van der Waals surface area contributed by atoms with Crippen LogP contribution in [0.1, 0.15) is 25.0 Å². The molecule has 0 saturated carbocycles. The number of ether oxygens (including phenoxy) is 1. The van der Waals surface area contributed by atoms with Gasteiger partial charge in [0.15, 0.2) is 6.54 Å². The monoisotopic (exact) mass is 348 g/mol. The van der Waals surface area contributed by atoms with Gasteiger partial charge in [0.25, 0.3) is 5.91 Å². The van der Waals surface area contributed by atoms with Crippen molar-refractivity contribution in [2.24, 2.45) is 0 Å². The largest absolute Gasteiger partial charge is 0.364 e. The fraction of sp³-hybridized carbons (Fsp3) is 0.579. The number of aryl methyl sites for hydroxylation is 2. The Bertz CT molecular complexity index is 602.